The van der Waals surface area contributed by atoms with E-state index < -0.39 is 0 Å². The summed E-state index contributed by atoms with van der Waals surface area (Å²) in [5.41, 5.74) is 5.14. The van der Waals surface area contributed by atoms with Gasteiger partial charge in [-0.2, -0.15) is 0 Å². The van der Waals surface area contributed by atoms with Crippen molar-refractivity contribution < 1.29 is 0 Å². The SMILES string of the molecule is CCCCCNCCCCC.CCCCN. The van der Waals surface area contributed by atoms with Gasteiger partial charge in [-0.3, -0.25) is 0 Å². The van der Waals surface area contributed by atoms with E-state index in [0.717, 1.165) is 6.54 Å². The summed E-state index contributed by atoms with van der Waals surface area (Å²) in [4.78, 5) is 0. The van der Waals surface area contributed by atoms with Crippen molar-refractivity contribution >= 4 is 0 Å². The van der Waals surface area contributed by atoms with Gasteiger partial charge in [0.15, 0.2) is 0 Å². The van der Waals surface area contributed by atoms with Crippen LogP contribution in [0.3, 0.4) is 0 Å². The first-order valence-electron chi connectivity index (χ1n) is 7.24. The predicted octanol–water partition coefficient (Wildman–Crippen LogP) is 3.70. The Morgan fingerprint density at radius 1 is 0.688 bits per heavy atom. The summed E-state index contributed by atoms with van der Waals surface area (Å²) in [7, 11) is 0. The van der Waals surface area contributed by atoms with Gasteiger partial charge in [0.05, 0.1) is 0 Å². The summed E-state index contributed by atoms with van der Waals surface area (Å²) >= 11 is 0. The molecule has 0 heterocycles. The normalized spacial score (nSPS) is 9.75. The highest BCUT2D eigenvalue weighted by molar-refractivity contribution is 4.48. The lowest BCUT2D eigenvalue weighted by Crippen LogP contribution is -2.16. The Hall–Kier alpha value is -0.0800. The Kier molecular flexibility index (Phi) is 23.3. The van der Waals surface area contributed by atoms with Crippen LogP contribution in [0.1, 0.15) is 72.1 Å². The Morgan fingerprint density at radius 2 is 1.12 bits per heavy atom. The van der Waals surface area contributed by atoms with E-state index in [4.69, 9.17) is 5.73 Å². The van der Waals surface area contributed by atoms with E-state index in [0.29, 0.717) is 0 Å². The van der Waals surface area contributed by atoms with E-state index in [9.17, 15) is 0 Å². The minimum absolute atomic E-state index is 0.844. The monoisotopic (exact) mass is 230 g/mol. The van der Waals surface area contributed by atoms with Crippen molar-refractivity contribution in [2.75, 3.05) is 19.6 Å². The van der Waals surface area contributed by atoms with Crippen molar-refractivity contribution in [1.82, 2.24) is 5.32 Å². The lowest BCUT2D eigenvalue weighted by molar-refractivity contribution is 0.583. The van der Waals surface area contributed by atoms with Crippen LogP contribution in [-0.4, -0.2) is 19.6 Å². The predicted molar refractivity (Wildman–Crippen MR) is 75.9 cm³/mol. The van der Waals surface area contributed by atoms with Gasteiger partial charge in [-0.25, -0.2) is 0 Å². The third-order valence-electron chi connectivity index (χ3n) is 2.47. The van der Waals surface area contributed by atoms with Crippen LogP contribution in [0.2, 0.25) is 0 Å². The maximum absolute atomic E-state index is 5.14. The Balaban J connectivity index is 0. The highest BCUT2D eigenvalue weighted by Gasteiger charge is 1.87. The average Bonchev–Trinajstić information content (AvgIpc) is 2.30. The standard InChI is InChI=1S/C10H23N.C4H11N/c1-3-5-7-9-11-10-8-6-4-2;1-2-3-4-5/h11H,3-10H2,1-2H3;2-5H2,1H3. The zero-order valence-corrected chi connectivity index (χ0v) is 11.9. The molecule has 0 saturated carbocycles. The van der Waals surface area contributed by atoms with E-state index in [2.05, 4.69) is 26.1 Å². The Labute approximate surface area is 103 Å². The van der Waals surface area contributed by atoms with Gasteiger partial charge in [-0.15, -0.1) is 0 Å². The fourth-order valence-corrected chi connectivity index (χ4v) is 1.33. The van der Waals surface area contributed by atoms with Gasteiger partial charge >= 0.3 is 0 Å². The second-order valence-corrected chi connectivity index (χ2v) is 4.31. The van der Waals surface area contributed by atoms with E-state index >= 15 is 0 Å². The molecule has 16 heavy (non-hydrogen) atoms. The van der Waals surface area contributed by atoms with Crippen molar-refractivity contribution in [1.29, 1.82) is 0 Å². The van der Waals surface area contributed by atoms with Crippen LogP contribution < -0.4 is 11.1 Å². The van der Waals surface area contributed by atoms with Crippen LogP contribution in [0.15, 0.2) is 0 Å². The third kappa shape index (κ3) is 23.6. The van der Waals surface area contributed by atoms with Crippen LogP contribution in [0.25, 0.3) is 0 Å². The van der Waals surface area contributed by atoms with Crippen LogP contribution in [0.4, 0.5) is 0 Å². The molecule has 0 aromatic heterocycles. The first-order chi connectivity index (χ1) is 7.83. The van der Waals surface area contributed by atoms with Gasteiger partial charge in [0.1, 0.15) is 0 Å². The second-order valence-electron chi connectivity index (χ2n) is 4.31. The molecule has 2 heteroatoms. The molecule has 0 aromatic rings. The van der Waals surface area contributed by atoms with Gasteiger partial charge in [-0.05, 0) is 38.9 Å². The number of rotatable bonds is 10. The van der Waals surface area contributed by atoms with Crippen molar-refractivity contribution in [2.24, 2.45) is 5.73 Å². The average molecular weight is 230 g/mol. The van der Waals surface area contributed by atoms with Crippen molar-refractivity contribution in [2.45, 2.75) is 72.1 Å². The molecule has 0 aromatic carbocycles. The van der Waals surface area contributed by atoms with Gasteiger partial charge in [-0.1, -0.05) is 52.9 Å². The summed E-state index contributed by atoms with van der Waals surface area (Å²) in [6, 6.07) is 0. The van der Waals surface area contributed by atoms with Gasteiger partial charge in [0, 0.05) is 0 Å². The number of hydrogen-bond donors (Lipinski definition) is 2. The summed E-state index contributed by atoms with van der Waals surface area (Å²) in [6.45, 7) is 9.91. The number of hydrogen-bond acceptors (Lipinski definition) is 2. The molecule has 3 N–H and O–H groups in total. The first-order valence-corrected chi connectivity index (χ1v) is 7.24. The molecular formula is C14H34N2. The van der Waals surface area contributed by atoms with Crippen LogP contribution in [0, 0.1) is 0 Å². The van der Waals surface area contributed by atoms with E-state index in [1.165, 1.54) is 64.5 Å². The summed E-state index contributed by atoms with van der Waals surface area (Å²) < 4.78 is 0. The maximum Gasteiger partial charge on any atom is -0.00489 e. The second kappa shape index (κ2) is 20.3. The van der Waals surface area contributed by atoms with E-state index in [1.807, 2.05) is 0 Å². The molecule has 100 valence electrons. The fourth-order valence-electron chi connectivity index (χ4n) is 1.33. The van der Waals surface area contributed by atoms with Crippen LogP contribution in [0.5, 0.6) is 0 Å². The molecule has 0 fully saturated rings. The van der Waals surface area contributed by atoms with Crippen LogP contribution >= 0.6 is 0 Å². The minimum atomic E-state index is 0.844. The van der Waals surface area contributed by atoms with Crippen molar-refractivity contribution in [3.05, 3.63) is 0 Å². The Morgan fingerprint density at radius 3 is 1.38 bits per heavy atom. The molecule has 0 aliphatic heterocycles. The van der Waals surface area contributed by atoms with E-state index in [-0.39, 0.29) is 0 Å². The quantitative estimate of drug-likeness (QED) is 0.562. The molecule has 0 aliphatic carbocycles. The first kappa shape index (κ1) is 18.3. The molecule has 0 saturated heterocycles. The molecule has 0 atom stereocenters. The van der Waals surface area contributed by atoms with Crippen molar-refractivity contribution in [3.8, 4) is 0 Å². The molecule has 0 rings (SSSR count). The summed E-state index contributed by atoms with van der Waals surface area (Å²) in [5.74, 6) is 0. The van der Waals surface area contributed by atoms with Gasteiger partial charge < -0.3 is 11.1 Å². The van der Waals surface area contributed by atoms with Gasteiger partial charge in [0.25, 0.3) is 0 Å². The minimum Gasteiger partial charge on any atom is -0.330 e. The zero-order chi connectivity index (χ0) is 12.5. The smallest absolute Gasteiger partial charge is 0.00489 e. The summed E-state index contributed by atoms with van der Waals surface area (Å²) in [6.07, 6.45) is 10.5. The number of nitrogens with one attached hydrogen (secondary N) is 1. The van der Waals surface area contributed by atoms with E-state index in [1.54, 1.807) is 0 Å². The molecule has 0 spiro atoms. The third-order valence-corrected chi connectivity index (χ3v) is 2.47. The molecular weight excluding hydrogens is 196 g/mol. The lowest BCUT2D eigenvalue weighted by atomic mass is 10.2. The lowest BCUT2D eigenvalue weighted by Gasteiger charge is -2.02. The Bertz CT molecular complexity index is 84.7. The van der Waals surface area contributed by atoms with Crippen molar-refractivity contribution in [3.63, 3.8) is 0 Å². The maximum atomic E-state index is 5.14. The molecule has 0 bridgehead atoms. The summed E-state index contributed by atoms with van der Waals surface area (Å²) in [5, 5.41) is 3.46. The number of nitrogens with two attached hydrogens (primary N) is 1. The molecule has 2 nitrogen and oxygen atoms in total. The number of unbranched alkanes of at least 4 members (excludes halogenated alkanes) is 5. The highest BCUT2D eigenvalue weighted by atomic mass is 14.8. The molecule has 0 aliphatic rings. The van der Waals surface area contributed by atoms with Crippen LogP contribution in [-0.2, 0) is 0 Å². The van der Waals surface area contributed by atoms with Gasteiger partial charge in [0.2, 0.25) is 0 Å². The fraction of sp³-hybridized carbons (Fsp3) is 1.00. The molecule has 0 radical (unpaired) electrons. The zero-order valence-electron chi connectivity index (χ0n) is 11.9. The highest BCUT2D eigenvalue weighted by Crippen LogP contribution is 1.93. The molecule has 0 amide bonds. The topological polar surface area (TPSA) is 38.0 Å². The largest absolute Gasteiger partial charge is 0.330 e. The molecule has 0 unspecified atom stereocenters.